The van der Waals surface area contributed by atoms with Crippen molar-refractivity contribution in [2.75, 3.05) is 19.8 Å². The molecule has 0 N–H and O–H groups in total. The largest absolute Gasteiger partial charge is 0.623 e. The Morgan fingerprint density at radius 3 is 2.52 bits per heavy atom. The summed E-state index contributed by atoms with van der Waals surface area (Å²) in [6.07, 6.45) is 1.26. The van der Waals surface area contributed by atoms with Crippen LogP contribution in [0.3, 0.4) is 0 Å². The first-order chi connectivity index (χ1) is 9.63. The highest BCUT2D eigenvalue weighted by Gasteiger charge is 2.62. The Morgan fingerprint density at radius 1 is 1.43 bits per heavy atom. The summed E-state index contributed by atoms with van der Waals surface area (Å²) < 4.78 is 29.3. The molecule has 2 heterocycles. The van der Waals surface area contributed by atoms with Crippen molar-refractivity contribution in [1.29, 1.82) is 0 Å². The number of carbonyl (C=O) groups excluding carboxylic acids is 1. The number of ether oxygens (including phenoxy) is 1. The maximum Gasteiger partial charge on any atom is 0.401 e. The van der Waals surface area contributed by atoms with Gasteiger partial charge in [-0.05, 0) is 6.92 Å². The van der Waals surface area contributed by atoms with Gasteiger partial charge < -0.3 is 19.0 Å². The summed E-state index contributed by atoms with van der Waals surface area (Å²) >= 11 is 0. The van der Waals surface area contributed by atoms with Crippen LogP contribution in [0.15, 0.2) is 0 Å². The number of hydroxylamine groups is 1. The van der Waals surface area contributed by atoms with Crippen LogP contribution in [0.2, 0.25) is 0 Å². The lowest BCUT2D eigenvalue weighted by Crippen LogP contribution is -2.40. The normalized spacial score (nSPS) is 34.3. The zero-order chi connectivity index (χ0) is 15.9. The predicted octanol–water partition coefficient (Wildman–Crippen LogP) is 2.13. The molecule has 0 aromatic rings. The van der Waals surface area contributed by atoms with Crippen LogP contribution >= 0.6 is 7.60 Å². The predicted molar refractivity (Wildman–Crippen MR) is 76.1 cm³/mol. The lowest BCUT2D eigenvalue weighted by atomic mass is 9.97. The second-order valence-corrected chi connectivity index (χ2v) is 8.94. The monoisotopic (exact) mass is 319 g/mol. The van der Waals surface area contributed by atoms with Gasteiger partial charge in [-0.1, -0.05) is 13.8 Å². The van der Waals surface area contributed by atoms with Crippen LogP contribution in [0.5, 0.6) is 0 Å². The fourth-order valence-corrected chi connectivity index (χ4v) is 4.78. The molecule has 0 spiro atoms. The van der Waals surface area contributed by atoms with Gasteiger partial charge in [0.1, 0.15) is 5.92 Å². The molecule has 0 saturated carbocycles. The van der Waals surface area contributed by atoms with Gasteiger partial charge in [-0.25, -0.2) is 0 Å². The first-order valence-electron chi connectivity index (χ1n) is 7.01. The molecule has 2 atom stereocenters. The van der Waals surface area contributed by atoms with Crippen LogP contribution in [0, 0.1) is 16.5 Å². The van der Waals surface area contributed by atoms with Crippen molar-refractivity contribution in [2.45, 2.75) is 39.4 Å². The molecule has 0 aliphatic carbocycles. The molecule has 21 heavy (non-hydrogen) atoms. The minimum Gasteiger partial charge on any atom is -0.623 e. The Hall–Kier alpha value is -0.910. The highest BCUT2D eigenvalue weighted by molar-refractivity contribution is 7.55. The first-order valence-corrected chi connectivity index (χ1v) is 8.55. The minimum atomic E-state index is -3.63. The zero-order valence-electron chi connectivity index (χ0n) is 12.8. The maximum absolute atomic E-state index is 12.9. The summed E-state index contributed by atoms with van der Waals surface area (Å²) in [5.74, 6) is -1.22. The van der Waals surface area contributed by atoms with Crippen molar-refractivity contribution < 1.29 is 27.9 Å². The average molecular weight is 319 g/mol. The first kappa shape index (κ1) is 16.5. The van der Waals surface area contributed by atoms with Crippen LogP contribution in [0.25, 0.3) is 0 Å². The Kier molecular flexibility index (Phi) is 4.21. The third-order valence-corrected chi connectivity index (χ3v) is 6.32. The molecular weight excluding hydrogens is 297 g/mol. The third kappa shape index (κ3) is 2.87. The van der Waals surface area contributed by atoms with E-state index in [0.29, 0.717) is 4.74 Å². The number of hydrogen-bond donors (Lipinski definition) is 0. The Balaban J connectivity index is 2.18. The Bertz CT molecular complexity index is 503. The number of hydrogen-bond acceptors (Lipinski definition) is 6. The van der Waals surface area contributed by atoms with E-state index < -0.39 is 24.8 Å². The summed E-state index contributed by atoms with van der Waals surface area (Å²) in [5.41, 5.74) is -0.249. The number of carbonyl (C=O) groups is 1. The quantitative estimate of drug-likeness (QED) is 0.343. The molecule has 2 rings (SSSR count). The van der Waals surface area contributed by atoms with Gasteiger partial charge in [-0.3, -0.25) is 9.36 Å². The fraction of sp³-hybridized carbons (Fsp3) is 0.846. The Morgan fingerprint density at radius 2 is 2.00 bits per heavy atom. The van der Waals surface area contributed by atoms with Gasteiger partial charge >= 0.3 is 13.6 Å². The molecule has 8 heteroatoms. The standard InChI is InChI=1S/C13H22NO6P/c1-5-18-11(15)10-6-13(4,14(16)7-10)21(17)19-8-12(2,3)9-20-21/h7,10H,5-6,8-9H2,1-4H3. The molecule has 120 valence electrons. The summed E-state index contributed by atoms with van der Waals surface area (Å²) in [5, 5.41) is 10.8. The second-order valence-electron chi connectivity index (χ2n) is 6.46. The topological polar surface area (TPSA) is 87.9 Å². The smallest absolute Gasteiger partial charge is 0.401 e. The van der Waals surface area contributed by atoms with E-state index in [-0.39, 0.29) is 31.7 Å². The molecule has 2 aliphatic heterocycles. The van der Waals surface area contributed by atoms with Gasteiger partial charge in [0.15, 0.2) is 6.21 Å². The van der Waals surface area contributed by atoms with Crippen LogP contribution < -0.4 is 0 Å². The second kappa shape index (κ2) is 5.38. The molecule has 0 amide bonds. The van der Waals surface area contributed by atoms with Gasteiger partial charge in [0, 0.05) is 18.8 Å². The number of nitrogens with zero attached hydrogens (tertiary/aromatic N) is 1. The van der Waals surface area contributed by atoms with Gasteiger partial charge in [0.25, 0.3) is 5.28 Å². The van der Waals surface area contributed by atoms with E-state index in [0.717, 1.165) is 0 Å². The van der Waals surface area contributed by atoms with Crippen LogP contribution in [0.4, 0.5) is 0 Å². The average Bonchev–Trinajstić information content (AvgIpc) is 2.72. The lowest BCUT2D eigenvalue weighted by Gasteiger charge is -2.39. The molecule has 0 bridgehead atoms. The molecule has 7 nitrogen and oxygen atoms in total. The van der Waals surface area contributed by atoms with E-state index >= 15 is 0 Å². The zero-order valence-corrected chi connectivity index (χ0v) is 13.7. The number of rotatable bonds is 3. The molecule has 0 aromatic carbocycles. The molecule has 2 aliphatic rings. The molecular formula is C13H22NO6P. The lowest BCUT2D eigenvalue weighted by molar-refractivity contribution is -0.507. The van der Waals surface area contributed by atoms with E-state index in [1.807, 2.05) is 13.8 Å². The molecule has 1 fully saturated rings. The van der Waals surface area contributed by atoms with Gasteiger partial charge in [0.2, 0.25) is 0 Å². The van der Waals surface area contributed by atoms with Crippen LogP contribution in [-0.2, 0) is 23.1 Å². The number of esters is 1. The Labute approximate surface area is 124 Å². The molecule has 0 aromatic heterocycles. The van der Waals surface area contributed by atoms with E-state index in [9.17, 15) is 14.6 Å². The fourth-order valence-electron chi connectivity index (χ4n) is 2.39. The SMILES string of the molecule is CCOC(=O)C1C=[N+]([O-])C(C)(P2(=O)OCC(C)(C)CO2)C1. The van der Waals surface area contributed by atoms with Crippen molar-refractivity contribution in [2.24, 2.45) is 11.3 Å². The van der Waals surface area contributed by atoms with Crippen molar-refractivity contribution in [3.63, 3.8) is 0 Å². The minimum absolute atomic E-state index is 0.0625. The van der Waals surface area contributed by atoms with Gasteiger partial charge in [-0.2, -0.15) is 4.74 Å². The van der Waals surface area contributed by atoms with Crippen molar-refractivity contribution in [3.05, 3.63) is 5.21 Å². The molecule has 1 saturated heterocycles. The van der Waals surface area contributed by atoms with E-state index in [1.165, 1.54) is 13.1 Å². The van der Waals surface area contributed by atoms with Gasteiger partial charge in [0.05, 0.1) is 19.8 Å². The highest BCUT2D eigenvalue weighted by Crippen LogP contribution is 2.66. The highest BCUT2D eigenvalue weighted by atomic mass is 31.2. The third-order valence-electron chi connectivity index (χ3n) is 3.83. The molecule has 2 unspecified atom stereocenters. The van der Waals surface area contributed by atoms with Gasteiger partial charge in [-0.15, -0.1) is 0 Å². The molecule has 0 radical (unpaired) electrons. The van der Waals surface area contributed by atoms with E-state index in [4.69, 9.17) is 13.8 Å². The van der Waals surface area contributed by atoms with Crippen molar-refractivity contribution in [1.82, 2.24) is 0 Å². The van der Waals surface area contributed by atoms with Crippen LogP contribution in [0.1, 0.15) is 34.1 Å². The van der Waals surface area contributed by atoms with E-state index in [1.54, 1.807) is 6.92 Å². The summed E-state index contributed by atoms with van der Waals surface area (Å²) in [7, 11) is -3.63. The van der Waals surface area contributed by atoms with Crippen LogP contribution in [-0.4, -0.2) is 42.0 Å². The maximum atomic E-state index is 12.9. The summed E-state index contributed by atoms with van der Waals surface area (Å²) in [6, 6.07) is 0. The van der Waals surface area contributed by atoms with E-state index in [2.05, 4.69) is 0 Å². The van der Waals surface area contributed by atoms with Crippen molar-refractivity contribution in [3.8, 4) is 0 Å². The van der Waals surface area contributed by atoms with Crippen molar-refractivity contribution >= 4 is 19.8 Å². The summed E-state index contributed by atoms with van der Waals surface area (Å²) in [6.45, 7) is 7.78. The summed E-state index contributed by atoms with van der Waals surface area (Å²) in [4.78, 5) is 11.8.